The van der Waals surface area contributed by atoms with Crippen LogP contribution >= 0.6 is 0 Å². The van der Waals surface area contributed by atoms with Crippen LogP contribution in [0, 0.1) is 11.8 Å². The third-order valence-corrected chi connectivity index (χ3v) is 5.50. The average Bonchev–Trinajstić information content (AvgIpc) is 2.82. The molecule has 0 bridgehead atoms. The number of primary amides is 1. The molecule has 3 atom stereocenters. The second-order valence-electron chi connectivity index (χ2n) is 11.2. The van der Waals surface area contributed by atoms with Crippen molar-refractivity contribution in [3.63, 3.8) is 0 Å². The Labute approximate surface area is 230 Å². The summed E-state index contributed by atoms with van der Waals surface area (Å²) in [6.07, 6.45) is -0.697. The van der Waals surface area contributed by atoms with Crippen LogP contribution in [0.4, 0.5) is 4.79 Å². The fourth-order valence-corrected chi connectivity index (χ4v) is 3.56. The second-order valence-corrected chi connectivity index (χ2v) is 11.2. The molecule has 5 N–H and O–H groups in total. The van der Waals surface area contributed by atoms with Gasteiger partial charge in [0.2, 0.25) is 17.7 Å². The Kier molecular flexibility index (Phi) is 13.4. The first-order chi connectivity index (χ1) is 18.1. The van der Waals surface area contributed by atoms with Crippen LogP contribution < -0.4 is 21.7 Å². The van der Waals surface area contributed by atoms with Crippen molar-refractivity contribution in [1.29, 1.82) is 0 Å². The van der Waals surface area contributed by atoms with Gasteiger partial charge in [0.15, 0.2) is 0 Å². The van der Waals surface area contributed by atoms with Crippen molar-refractivity contribution in [3.05, 3.63) is 35.9 Å². The molecule has 11 nitrogen and oxygen atoms in total. The number of nitrogens with two attached hydrogens (primary N) is 1. The SMILES string of the molecule is CC(C)C[C@H](NC(=O)[C@H](NC(=O)OC(C)(C)C)C(C)C)C(=O)N[C@H](CCC(=O)OCc1ccccc1)C(N)=O. The van der Waals surface area contributed by atoms with Gasteiger partial charge < -0.3 is 31.2 Å². The van der Waals surface area contributed by atoms with Gasteiger partial charge >= 0.3 is 12.1 Å². The summed E-state index contributed by atoms with van der Waals surface area (Å²) in [4.78, 5) is 62.7. The van der Waals surface area contributed by atoms with Gasteiger partial charge in [-0.15, -0.1) is 0 Å². The van der Waals surface area contributed by atoms with E-state index in [2.05, 4.69) is 16.0 Å². The summed E-state index contributed by atoms with van der Waals surface area (Å²) in [6, 6.07) is 6.01. The third-order valence-electron chi connectivity index (χ3n) is 5.50. The molecule has 4 amide bonds. The van der Waals surface area contributed by atoms with Crippen molar-refractivity contribution < 1.29 is 33.4 Å². The van der Waals surface area contributed by atoms with Gasteiger partial charge in [0, 0.05) is 6.42 Å². The van der Waals surface area contributed by atoms with Gasteiger partial charge in [0.25, 0.3) is 0 Å². The normalized spacial score (nSPS) is 13.7. The lowest BCUT2D eigenvalue weighted by Crippen LogP contribution is -2.58. The molecule has 0 aliphatic carbocycles. The van der Waals surface area contributed by atoms with Gasteiger partial charge in [-0.05, 0) is 51.0 Å². The maximum Gasteiger partial charge on any atom is 0.408 e. The molecule has 39 heavy (non-hydrogen) atoms. The molecule has 0 aliphatic heterocycles. The highest BCUT2D eigenvalue weighted by Gasteiger charge is 2.32. The van der Waals surface area contributed by atoms with E-state index in [1.165, 1.54) is 0 Å². The second kappa shape index (κ2) is 15.7. The van der Waals surface area contributed by atoms with E-state index in [0.717, 1.165) is 5.56 Å². The van der Waals surface area contributed by atoms with Crippen molar-refractivity contribution in [2.75, 3.05) is 0 Å². The lowest BCUT2D eigenvalue weighted by atomic mass is 9.99. The van der Waals surface area contributed by atoms with Gasteiger partial charge in [0.05, 0.1) is 0 Å². The number of amides is 4. The molecule has 0 aromatic heterocycles. The molecule has 1 aromatic rings. The number of carbonyl (C=O) groups is 5. The number of alkyl carbamates (subject to hydrolysis) is 1. The zero-order chi connectivity index (χ0) is 29.8. The number of benzene rings is 1. The van der Waals surface area contributed by atoms with Gasteiger partial charge in [-0.1, -0.05) is 58.0 Å². The fraction of sp³-hybridized carbons (Fsp3) is 0.607. The van der Waals surface area contributed by atoms with Crippen molar-refractivity contribution in [3.8, 4) is 0 Å². The van der Waals surface area contributed by atoms with Gasteiger partial charge in [-0.2, -0.15) is 0 Å². The Hall–Kier alpha value is -3.63. The predicted octanol–water partition coefficient (Wildman–Crippen LogP) is 2.56. The summed E-state index contributed by atoms with van der Waals surface area (Å²) in [5, 5.41) is 7.78. The van der Waals surface area contributed by atoms with Crippen LogP contribution in [0.2, 0.25) is 0 Å². The molecular weight excluding hydrogens is 504 g/mol. The first kappa shape index (κ1) is 33.4. The Morgan fingerprint density at radius 1 is 0.872 bits per heavy atom. The molecule has 0 heterocycles. The van der Waals surface area contributed by atoms with Crippen molar-refractivity contribution in [1.82, 2.24) is 16.0 Å². The van der Waals surface area contributed by atoms with E-state index >= 15 is 0 Å². The Morgan fingerprint density at radius 2 is 1.46 bits per heavy atom. The van der Waals surface area contributed by atoms with E-state index < -0.39 is 53.5 Å². The number of hydrogen-bond acceptors (Lipinski definition) is 7. The zero-order valence-corrected chi connectivity index (χ0v) is 24.0. The third kappa shape index (κ3) is 13.6. The molecule has 0 unspecified atom stereocenters. The van der Waals surface area contributed by atoms with Crippen LogP contribution in [0.1, 0.15) is 73.3 Å². The van der Waals surface area contributed by atoms with Gasteiger partial charge in [-0.25, -0.2) is 4.79 Å². The molecule has 0 saturated heterocycles. The Bertz CT molecular complexity index is 974. The summed E-state index contributed by atoms with van der Waals surface area (Å²) < 4.78 is 10.5. The fourth-order valence-electron chi connectivity index (χ4n) is 3.56. The summed E-state index contributed by atoms with van der Waals surface area (Å²) >= 11 is 0. The van der Waals surface area contributed by atoms with Crippen LogP contribution in [0.5, 0.6) is 0 Å². The van der Waals surface area contributed by atoms with Crippen LogP contribution in [-0.2, 0) is 35.3 Å². The van der Waals surface area contributed by atoms with Gasteiger partial charge in [0.1, 0.15) is 30.3 Å². The number of nitrogens with one attached hydrogen (secondary N) is 3. The Morgan fingerprint density at radius 3 is 1.97 bits per heavy atom. The summed E-state index contributed by atoms with van der Waals surface area (Å²) in [6.45, 7) is 12.5. The summed E-state index contributed by atoms with van der Waals surface area (Å²) in [5.74, 6) is -2.85. The minimum Gasteiger partial charge on any atom is -0.461 e. The van der Waals surface area contributed by atoms with E-state index in [9.17, 15) is 24.0 Å². The van der Waals surface area contributed by atoms with Crippen LogP contribution in [0.3, 0.4) is 0 Å². The average molecular weight is 549 g/mol. The molecule has 0 saturated carbocycles. The summed E-state index contributed by atoms with van der Waals surface area (Å²) in [5.41, 5.74) is 5.55. The molecule has 218 valence electrons. The Balaban J connectivity index is 2.82. The van der Waals surface area contributed by atoms with E-state index in [1.54, 1.807) is 34.6 Å². The minimum absolute atomic E-state index is 0.0114. The number of rotatable bonds is 14. The van der Waals surface area contributed by atoms with Crippen LogP contribution in [0.25, 0.3) is 0 Å². The highest BCUT2D eigenvalue weighted by atomic mass is 16.6. The van der Waals surface area contributed by atoms with E-state index in [0.29, 0.717) is 0 Å². The number of hydrogen-bond donors (Lipinski definition) is 4. The van der Waals surface area contributed by atoms with Crippen LogP contribution in [0.15, 0.2) is 30.3 Å². The lowest BCUT2D eigenvalue weighted by molar-refractivity contribution is -0.145. The first-order valence-corrected chi connectivity index (χ1v) is 13.2. The molecule has 1 aromatic carbocycles. The van der Waals surface area contributed by atoms with E-state index in [1.807, 2.05) is 44.2 Å². The number of esters is 1. The molecule has 1 rings (SSSR count). The van der Waals surface area contributed by atoms with Crippen molar-refractivity contribution in [2.45, 2.75) is 98.1 Å². The molecule has 0 spiro atoms. The van der Waals surface area contributed by atoms with Gasteiger partial charge in [-0.3, -0.25) is 19.2 Å². The van der Waals surface area contributed by atoms with E-state index in [4.69, 9.17) is 15.2 Å². The van der Waals surface area contributed by atoms with Crippen molar-refractivity contribution >= 4 is 29.8 Å². The lowest BCUT2D eigenvalue weighted by Gasteiger charge is -2.28. The molecule has 0 fully saturated rings. The predicted molar refractivity (Wildman–Crippen MR) is 146 cm³/mol. The quantitative estimate of drug-likeness (QED) is 0.259. The molecular formula is C28H44N4O7. The largest absolute Gasteiger partial charge is 0.461 e. The highest BCUT2D eigenvalue weighted by molar-refractivity contribution is 5.93. The number of ether oxygens (including phenoxy) is 2. The molecule has 0 aliphatic rings. The smallest absolute Gasteiger partial charge is 0.408 e. The first-order valence-electron chi connectivity index (χ1n) is 13.2. The molecule has 0 radical (unpaired) electrons. The molecule has 11 heteroatoms. The van der Waals surface area contributed by atoms with E-state index in [-0.39, 0.29) is 37.7 Å². The zero-order valence-electron chi connectivity index (χ0n) is 24.0. The van der Waals surface area contributed by atoms with Crippen LogP contribution in [-0.4, -0.2) is 53.5 Å². The highest BCUT2D eigenvalue weighted by Crippen LogP contribution is 2.12. The maximum atomic E-state index is 13.1. The van der Waals surface area contributed by atoms with Crippen molar-refractivity contribution in [2.24, 2.45) is 17.6 Å². The number of carbonyl (C=O) groups excluding carboxylic acids is 5. The standard InChI is InChI=1S/C28H44N4O7/c1-17(2)15-21(31-26(36)23(18(3)4)32-27(37)39-28(5,6)7)25(35)30-20(24(29)34)13-14-22(33)38-16-19-11-9-8-10-12-19/h8-12,17-18,20-21,23H,13-16H2,1-7H3,(H2,29,34)(H,30,35)(H,31,36)(H,32,37)/t20-,21+,23-/m1/s1. The minimum atomic E-state index is -1.14. The summed E-state index contributed by atoms with van der Waals surface area (Å²) in [7, 11) is 0. The maximum absolute atomic E-state index is 13.1. The topological polar surface area (TPSA) is 166 Å². The monoisotopic (exact) mass is 548 g/mol.